The Hall–Kier alpha value is -1.48. The highest BCUT2D eigenvalue weighted by molar-refractivity contribution is 9.10. The molecule has 0 amide bonds. The third-order valence-electron chi connectivity index (χ3n) is 2.73. The van der Waals surface area contributed by atoms with Crippen molar-refractivity contribution in [3.05, 3.63) is 69.6 Å². The molecule has 0 radical (unpaired) electrons. The highest BCUT2D eigenvalue weighted by atomic mass is 79.9. The van der Waals surface area contributed by atoms with Crippen LogP contribution >= 0.6 is 15.9 Å². The largest absolute Gasteiger partial charge is 0.504 e. The van der Waals surface area contributed by atoms with Crippen molar-refractivity contribution in [1.29, 1.82) is 0 Å². The standard InChI is InChI=1S/C15H17BrO2/c1-4-10(2)14(17)15(18)11(3)9-12-7-5-6-8-13(12)16/h4-8,17-18H,3,9H2,1-2H3/b10-4+,15-14-. The molecule has 0 saturated carbocycles. The molecular formula is C15H17BrO2. The minimum atomic E-state index is -0.152. The van der Waals surface area contributed by atoms with E-state index in [1.807, 2.05) is 24.3 Å². The number of allylic oxidation sites excluding steroid dienone is 3. The maximum absolute atomic E-state index is 9.91. The van der Waals surface area contributed by atoms with Crippen molar-refractivity contribution in [3.63, 3.8) is 0 Å². The molecule has 0 spiro atoms. The Morgan fingerprint density at radius 2 is 1.89 bits per heavy atom. The Balaban J connectivity index is 2.94. The summed E-state index contributed by atoms with van der Waals surface area (Å²) in [5, 5.41) is 19.7. The van der Waals surface area contributed by atoms with Gasteiger partial charge in [0.15, 0.2) is 11.5 Å². The van der Waals surface area contributed by atoms with Gasteiger partial charge >= 0.3 is 0 Å². The number of hydrogen-bond donors (Lipinski definition) is 2. The fourth-order valence-electron chi connectivity index (χ4n) is 1.45. The van der Waals surface area contributed by atoms with Crippen molar-refractivity contribution in [1.82, 2.24) is 0 Å². The summed E-state index contributed by atoms with van der Waals surface area (Å²) in [4.78, 5) is 0. The smallest absolute Gasteiger partial charge is 0.160 e. The van der Waals surface area contributed by atoms with Crippen molar-refractivity contribution >= 4 is 15.9 Å². The second-order valence-corrected chi connectivity index (χ2v) is 4.89. The zero-order chi connectivity index (χ0) is 13.7. The van der Waals surface area contributed by atoms with E-state index in [0.29, 0.717) is 17.6 Å². The highest BCUT2D eigenvalue weighted by Gasteiger charge is 2.11. The highest BCUT2D eigenvalue weighted by Crippen LogP contribution is 2.23. The molecule has 0 unspecified atom stereocenters. The van der Waals surface area contributed by atoms with Crippen LogP contribution in [0.1, 0.15) is 19.4 Å². The molecule has 0 saturated heterocycles. The van der Waals surface area contributed by atoms with E-state index in [1.165, 1.54) is 0 Å². The topological polar surface area (TPSA) is 40.5 Å². The van der Waals surface area contributed by atoms with Crippen LogP contribution in [0.5, 0.6) is 0 Å². The van der Waals surface area contributed by atoms with Gasteiger partial charge in [0, 0.05) is 10.9 Å². The first-order valence-electron chi connectivity index (χ1n) is 5.64. The van der Waals surface area contributed by atoms with E-state index in [2.05, 4.69) is 22.5 Å². The van der Waals surface area contributed by atoms with Gasteiger partial charge in [-0.05, 0) is 36.6 Å². The third-order valence-corrected chi connectivity index (χ3v) is 3.50. The van der Waals surface area contributed by atoms with Gasteiger partial charge in [0.25, 0.3) is 0 Å². The van der Waals surface area contributed by atoms with Crippen molar-refractivity contribution in [3.8, 4) is 0 Å². The Kier molecular flexibility index (Phi) is 5.23. The van der Waals surface area contributed by atoms with Gasteiger partial charge in [-0.3, -0.25) is 0 Å². The molecule has 0 aliphatic rings. The van der Waals surface area contributed by atoms with Crippen LogP contribution < -0.4 is 0 Å². The van der Waals surface area contributed by atoms with Crippen LogP contribution in [0.4, 0.5) is 0 Å². The fourth-order valence-corrected chi connectivity index (χ4v) is 1.87. The molecule has 2 nitrogen and oxygen atoms in total. The molecule has 0 aromatic heterocycles. The number of rotatable bonds is 4. The number of benzene rings is 1. The lowest BCUT2D eigenvalue weighted by molar-refractivity contribution is 0.340. The van der Waals surface area contributed by atoms with Crippen LogP contribution in [0, 0.1) is 0 Å². The van der Waals surface area contributed by atoms with Crippen molar-refractivity contribution < 1.29 is 10.2 Å². The summed E-state index contributed by atoms with van der Waals surface area (Å²) in [5.74, 6) is -0.268. The lowest BCUT2D eigenvalue weighted by atomic mass is 10.0. The van der Waals surface area contributed by atoms with Gasteiger partial charge in [0.05, 0.1) is 0 Å². The minimum Gasteiger partial charge on any atom is -0.504 e. The van der Waals surface area contributed by atoms with Crippen LogP contribution in [0.15, 0.2) is 64.1 Å². The monoisotopic (exact) mass is 308 g/mol. The van der Waals surface area contributed by atoms with E-state index in [4.69, 9.17) is 0 Å². The predicted octanol–water partition coefficient (Wildman–Crippen LogP) is 4.84. The van der Waals surface area contributed by atoms with Crippen molar-refractivity contribution in [2.24, 2.45) is 0 Å². The SMILES string of the molecule is C=C(Cc1ccccc1Br)/C(O)=C(O)\C(C)=C\C. The summed E-state index contributed by atoms with van der Waals surface area (Å²) in [6.45, 7) is 7.35. The number of aliphatic hydroxyl groups excluding tert-OH is 2. The van der Waals surface area contributed by atoms with Crippen LogP contribution in [0.25, 0.3) is 0 Å². The van der Waals surface area contributed by atoms with E-state index < -0.39 is 0 Å². The molecule has 0 fully saturated rings. The molecule has 0 heterocycles. The summed E-state index contributed by atoms with van der Waals surface area (Å²) in [6.07, 6.45) is 2.21. The number of aliphatic hydroxyl groups is 2. The lowest BCUT2D eigenvalue weighted by Gasteiger charge is -2.09. The van der Waals surface area contributed by atoms with Crippen LogP contribution in [-0.2, 0) is 6.42 Å². The van der Waals surface area contributed by atoms with Crippen LogP contribution in [-0.4, -0.2) is 10.2 Å². The van der Waals surface area contributed by atoms with Gasteiger partial charge in [-0.25, -0.2) is 0 Å². The molecule has 2 N–H and O–H groups in total. The second-order valence-electron chi connectivity index (χ2n) is 4.04. The van der Waals surface area contributed by atoms with E-state index in [1.54, 1.807) is 19.9 Å². The first-order valence-corrected chi connectivity index (χ1v) is 6.43. The van der Waals surface area contributed by atoms with Gasteiger partial charge in [-0.2, -0.15) is 0 Å². The van der Waals surface area contributed by atoms with Crippen molar-refractivity contribution in [2.75, 3.05) is 0 Å². The first kappa shape index (κ1) is 14.6. The molecule has 96 valence electrons. The predicted molar refractivity (Wildman–Crippen MR) is 78.7 cm³/mol. The van der Waals surface area contributed by atoms with E-state index in [9.17, 15) is 10.2 Å². The first-order chi connectivity index (χ1) is 8.47. The molecule has 0 aliphatic heterocycles. The molecular weight excluding hydrogens is 292 g/mol. The molecule has 18 heavy (non-hydrogen) atoms. The zero-order valence-corrected chi connectivity index (χ0v) is 12.2. The van der Waals surface area contributed by atoms with Gasteiger partial charge in [0.2, 0.25) is 0 Å². The van der Waals surface area contributed by atoms with E-state index in [0.717, 1.165) is 10.0 Å². The maximum atomic E-state index is 9.91. The third kappa shape index (κ3) is 3.50. The Morgan fingerprint density at radius 3 is 2.44 bits per heavy atom. The maximum Gasteiger partial charge on any atom is 0.160 e. The normalized spacial score (nSPS) is 13.2. The van der Waals surface area contributed by atoms with Gasteiger partial charge in [-0.15, -0.1) is 0 Å². The van der Waals surface area contributed by atoms with Crippen LogP contribution in [0.2, 0.25) is 0 Å². The average molecular weight is 309 g/mol. The quantitative estimate of drug-likeness (QED) is 0.617. The van der Waals surface area contributed by atoms with Crippen LogP contribution in [0.3, 0.4) is 0 Å². The summed E-state index contributed by atoms with van der Waals surface area (Å²) < 4.78 is 0.959. The molecule has 1 aromatic carbocycles. The Bertz CT molecular complexity index is 513. The summed E-state index contributed by atoms with van der Waals surface area (Å²) in [5.41, 5.74) is 2.13. The molecule has 3 heteroatoms. The molecule has 0 bridgehead atoms. The Morgan fingerprint density at radius 1 is 1.28 bits per heavy atom. The summed E-state index contributed by atoms with van der Waals surface area (Å²) in [7, 11) is 0. The zero-order valence-electron chi connectivity index (χ0n) is 10.6. The van der Waals surface area contributed by atoms with Gasteiger partial charge < -0.3 is 10.2 Å². The lowest BCUT2D eigenvalue weighted by Crippen LogP contribution is -1.99. The minimum absolute atomic E-state index is 0.116. The molecule has 1 aromatic rings. The fraction of sp³-hybridized carbons (Fsp3) is 0.200. The van der Waals surface area contributed by atoms with Gasteiger partial charge in [0.1, 0.15) is 0 Å². The Labute approximate surface area is 116 Å². The molecule has 0 aliphatic carbocycles. The van der Waals surface area contributed by atoms with Crippen molar-refractivity contribution in [2.45, 2.75) is 20.3 Å². The second kappa shape index (κ2) is 6.45. The summed E-state index contributed by atoms with van der Waals surface area (Å²) in [6, 6.07) is 7.72. The number of halogens is 1. The number of hydrogen-bond acceptors (Lipinski definition) is 2. The average Bonchev–Trinajstić information content (AvgIpc) is 2.38. The molecule has 1 rings (SSSR count). The summed E-state index contributed by atoms with van der Waals surface area (Å²) >= 11 is 3.44. The van der Waals surface area contributed by atoms with Gasteiger partial charge in [-0.1, -0.05) is 46.8 Å². The van der Waals surface area contributed by atoms with E-state index in [-0.39, 0.29) is 11.5 Å². The van der Waals surface area contributed by atoms with E-state index >= 15 is 0 Å². The molecule has 0 atom stereocenters.